The van der Waals surface area contributed by atoms with Crippen LogP contribution < -0.4 is 11.2 Å². The van der Waals surface area contributed by atoms with Crippen molar-refractivity contribution in [2.45, 2.75) is 46.1 Å². The lowest BCUT2D eigenvalue weighted by molar-refractivity contribution is -0.129. The molecule has 2 aliphatic heterocycles. The first-order chi connectivity index (χ1) is 13.6. The van der Waals surface area contributed by atoms with Crippen LogP contribution in [0.4, 0.5) is 10.5 Å². The fraction of sp³-hybridized carbons (Fsp3) is 0.550. The fourth-order valence-electron chi connectivity index (χ4n) is 3.14. The Hall–Kier alpha value is -2.39. The molecule has 0 unspecified atom stereocenters. The number of aliphatic imine (C=N–C) groups is 1. The number of fused-ring (bicyclic) bond motifs is 1. The van der Waals surface area contributed by atoms with E-state index >= 15 is 0 Å². The Bertz CT molecular complexity index is 847. The number of ether oxygens (including phenoxy) is 1. The molecule has 3 N–H and O–H groups in total. The van der Waals surface area contributed by atoms with E-state index in [1.165, 1.54) is 0 Å². The largest absolute Gasteiger partial charge is 0.444 e. The zero-order valence-corrected chi connectivity index (χ0v) is 18.1. The molecule has 2 amide bonds. The summed E-state index contributed by atoms with van der Waals surface area (Å²) >= 11 is 1.60. The highest BCUT2D eigenvalue weighted by molar-refractivity contribution is 7.13. The highest BCUT2D eigenvalue weighted by Crippen LogP contribution is 2.36. The number of amides is 2. The van der Waals surface area contributed by atoms with Crippen LogP contribution in [0.5, 0.6) is 0 Å². The average molecular weight is 421 g/mol. The third-order valence-corrected chi connectivity index (χ3v) is 5.53. The number of nitrogens with two attached hydrogens (primary N) is 1. The molecule has 8 nitrogen and oxygen atoms in total. The van der Waals surface area contributed by atoms with Gasteiger partial charge in [0.2, 0.25) is 0 Å². The summed E-state index contributed by atoms with van der Waals surface area (Å²) in [4.78, 5) is 37.5. The molecule has 1 aromatic rings. The van der Waals surface area contributed by atoms with E-state index in [-0.39, 0.29) is 18.4 Å². The molecule has 0 aromatic carbocycles. The van der Waals surface area contributed by atoms with Gasteiger partial charge in [0.25, 0.3) is 5.91 Å². The molecule has 0 bridgehead atoms. The summed E-state index contributed by atoms with van der Waals surface area (Å²) in [6, 6.07) is 2.02. The Morgan fingerprint density at radius 3 is 2.76 bits per heavy atom. The molecule has 1 aromatic heterocycles. The van der Waals surface area contributed by atoms with Gasteiger partial charge in [-0.3, -0.25) is 9.63 Å². The third kappa shape index (κ3) is 5.57. The van der Waals surface area contributed by atoms with Crippen molar-refractivity contribution in [2.75, 3.05) is 19.7 Å². The molecular formula is C20H28N4O4S. The quantitative estimate of drug-likeness (QED) is 0.712. The van der Waals surface area contributed by atoms with Crippen molar-refractivity contribution >= 4 is 40.9 Å². The molecule has 0 aliphatic carbocycles. The Balaban J connectivity index is 1.63. The summed E-state index contributed by atoms with van der Waals surface area (Å²) in [6.45, 7) is 9.14. The summed E-state index contributed by atoms with van der Waals surface area (Å²) in [6.07, 6.45) is 2.69. The fourth-order valence-corrected chi connectivity index (χ4v) is 4.33. The molecule has 29 heavy (non-hydrogen) atoms. The SMILES string of the molecule is CCONC(=O)C1=Cc2sc(CC3CN(C(=O)OC(C)(C)C)C3)cc2N=C(N)C1. The molecule has 3 rings (SSSR count). The van der Waals surface area contributed by atoms with Gasteiger partial charge in [0.05, 0.1) is 17.2 Å². The smallest absolute Gasteiger partial charge is 0.410 e. The van der Waals surface area contributed by atoms with Crippen molar-refractivity contribution in [3.63, 3.8) is 0 Å². The van der Waals surface area contributed by atoms with E-state index in [0.717, 1.165) is 21.9 Å². The maximum Gasteiger partial charge on any atom is 0.410 e. The second-order valence-electron chi connectivity index (χ2n) is 8.23. The number of rotatable bonds is 5. The second kappa shape index (κ2) is 8.54. The highest BCUT2D eigenvalue weighted by Gasteiger charge is 2.34. The number of carbonyl (C=O) groups is 2. The van der Waals surface area contributed by atoms with E-state index in [1.807, 2.05) is 32.9 Å². The second-order valence-corrected chi connectivity index (χ2v) is 9.40. The van der Waals surface area contributed by atoms with E-state index < -0.39 is 5.60 Å². The van der Waals surface area contributed by atoms with Crippen LogP contribution in [0.15, 0.2) is 16.6 Å². The van der Waals surface area contributed by atoms with Crippen molar-refractivity contribution in [3.8, 4) is 0 Å². The number of hydrogen-bond acceptors (Lipinski definition) is 7. The monoisotopic (exact) mass is 420 g/mol. The molecule has 1 saturated heterocycles. The lowest BCUT2D eigenvalue weighted by Gasteiger charge is -2.39. The summed E-state index contributed by atoms with van der Waals surface area (Å²) in [5.74, 6) is 0.473. The van der Waals surface area contributed by atoms with Crippen LogP contribution in [0.1, 0.15) is 43.9 Å². The normalized spacial score (nSPS) is 16.9. The van der Waals surface area contributed by atoms with Gasteiger partial charge in [-0.2, -0.15) is 0 Å². The first-order valence-electron chi connectivity index (χ1n) is 9.71. The number of hydrogen-bond donors (Lipinski definition) is 2. The highest BCUT2D eigenvalue weighted by atomic mass is 32.1. The zero-order chi connectivity index (χ0) is 21.2. The predicted octanol–water partition coefficient (Wildman–Crippen LogP) is 3.00. The van der Waals surface area contributed by atoms with Crippen molar-refractivity contribution in [1.29, 1.82) is 0 Å². The van der Waals surface area contributed by atoms with Crippen LogP contribution in [-0.2, 0) is 20.8 Å². The molecule has 0 atom stereocenters. The molecule has 1 fully saturated rings. The number of nitrogens with zero attached hydrogens (tertiary/aromatic N) is 2. The Labute approximate surface area is 174 Å². The van der Waals surface area contributed by atoms with Crippen molar-refractivity contribution in [3.05, 3.63) is 21.4 Å². The number of likely N-dealkylation sites (tertiary alicyclic amines) is 1. The van der Waals surface area contributed by atoms with Crippen molar-refractivity contribution in [1.82, 2.24) is 10.4 Å². The molecule has 0 radical (unpaired) electrons. The summed E-state index contributed by atoms with van der Waals surface area (Å²) < 4.78 is 5.40. The number of amidine groups is 1. The summed E-state index contributed by atoms with van der Waals surface area (Å²) in [7, 11) is 0. The lowest BCUT2D eigenvalue weighted by Crippen LogP contribution is -2.52. The standard InChI is InChI=1S/C20H28N4O4S/c1-5-27-23-18(25)13-7-16-15(22-17(21)8-13)9-14(29-16)6-12-10-24(11-12)19(26)28-20(2,3)4/h7,9,12H,5-6,8,10-11H2,1-4H3,(H2,21,22)(H,23,25). The van der Waals surface area contributed by atoms with E-state index in [1.54, 1.807) is 23.2 Å². The van der Waals surface area contributed by atoms with Crippen molar-refractivity contribution in [2.24, 2.45) is 16.6 Å². The Kier molecular flexibility index (Phi) is 6.28. The van der Waals surface area contributed by atoms with Gasteiger partial charge >= 0.3 is 6.09 Å². The number of thiophene rings is 1. The molecule has 0 saturated carbocycles. The molecule has 158 valence electrons. The van der Waals surface area contributed by atoms with E-state index in [0.29, 0.717) is 37.0 Å². The topological polar surface area (TPSA) is 106 Å². The van der Waals surface area contributed by atoms with Gasteiger partial charge in [0, 0.05) is 30.0 Å². The average Bonchev–Trinajstić information content (AvgIpc) is 2.86. The minimum Gasteiger partial charge on any atom is -0.444 e. The lowest BCUT2D eigenvalue weighted by atomic mass is 9.96. The first kappa shape index (κ1) is 21.3. The maximum atomic E-state index is 12.2. The number of carbonyl (C=O) groups excluding carboxylic acids is 2. The Morgan fingerprint density at radius 1 is 1.38 bits per heavy atom. The van der Waals surface area contributed by atoms with Crippen molar-refractivity contribution < 1.29 is 19.2 Å². The molecular weight excluding hydrogens is 392 g/mol. The van der Waals surface area contributed by atoms with Crippen LogP contribution >= 0.6 is 11.3 Å². The minimum atomic E-state index is -0.482. The van der Waals surface area contributed by atoms with Gasteiger partial charge in [-0.05, 0) is 52.2 Å². The zero-order valence-electron chi connectivity index (χ0n) is 17.3. The van der Waals surface area contributed by atoms with Crippen LogP contribution in [0.25, 0.3) is 6.08 Å². The van der Waals surface area contributed by atoms with Gasteiger partial charge in [0.15, 0.2) is 0 Å². The molecule has 3 heterocycles. The maximum absolute atomic E-state index is 12.2. The van der Waals surface area contributed by atoms with Gasteiger partial charge in [-0.1, -0.05) is 0 Å². The van der Waals surface area contributed by atoms with Crippen LogP contribution in [-0.4, -0.2) is 48.0 Å². The first-order valence-corrected chi connectivity index (χ1v) is 10.5. The van der Waals surface area contributed by atoms with Gasteiger partial charge in [-0.25, -0.2) is 15.3 Å². The molecule has 9 heteroatoms. The summed E-state index contributed by atoms with van der Waals surface area (Å²) in [5, 5.41) is 0. The van der Waals surface area contributed by atoms with E-state index in [9.17, 15) is 9.59 Å². The van der Waals surface area contributed by atoms with E-state index in [4.69, 9.17) is 15.3 Å². The predicted molar refractivity (Wildman–Crippen MR) is 113 cm³/mol. The third-order valence-electron chi connectivity index (χ3n) is 4.43. The van der Waals surface area contributed by atoms with Crippen LogP contribution in [0.3, 0.4) is 0 Å². The van der Waals surface area contributed by atoms with E-state index in [2.05, 4.69) is 10.5 Å². The van der Waals surface area contributed by atoms with Crippen LogP contribution in [0, 0.1) is 5.92 Å². The molecule has 0 spiro atoms. The minimum absolute atomic E-state index is 0.263. The Morgan fingerprint density at radius 2 is 2.10 bits per heavy atom. The number of nitrogens with one attached hydrogen (secondary N) is 1. The van der Waals surface area contributed by atoms with Gasteiger partial charge in [0.1, 0.15) is 11.4 Å². The van der Waals surface area contributed by atoms with Gasteiger partial charge < -0.3 is 15.4 Å². The van der Waals surface area contributed by atoms with Crippen LogP contribution in [0.2, 0.25) is 0 Å². The number of hydroxylamine groups is 1. The summed E-state index contributed by atoms with van der Waals surface area (Å²) in [5.41, 5.74) is 9.22. The molecule has 2 aliphatic rings. The van der Waals surface area contributed by atoms with Gasteiger partial charge in [-0.15, -0.1) is 11.3 Å².